The van der Waals surface area contributed by atoms with E-state index >= 15 is 0 Å². The zero-order chi connectivity index (χ0) is 9.35. The maximum Gasteiger partial charge on any atom is 0.317 e. The van der Waals surface area contributed by atoms with Crippen LogP contribution in [0.5, 0.6) is 0 Å². The van der Waals surface area contributed by atoms with Gasteiger partial charge in [-0.15, -0.1) is 0 Å². The van der Waals surface area contributed by atoms with Crippen LogP contribution in [0.25, 0.3) is 0 Å². The zero-order valence-corrected chi connectivity index (χ0v) is 8.35. The molecule has 0 spiro atoms. The third-order valence-corrected chi connectivity index (χ3v) is 2.43. The first-order valence-corrected chi connectivity index (χ1v) is 4.43. The lowest BCUT2D eigenvalue weighted by Crippen LogP contribution is -2.49. The van der Waals surface area contributed by atoms with Gasteiger partial charge in [0.1, 0.15) is 0 Å². The Labute approximate surface area is 74.1 Å². The third-order valence-electron chi connectivity index (χ3n) is 2.43. The van der Waals surface area contributed by atoms with E-state index in [1.807, 2.05) is 0 Å². The zero-order valence-electron chi connectivity index (χ0n) is 8.35. The van der Waals surface area contributed by atoms with Crippen molar-refractivity contribution in [3.8, 4) is 0 Å². The molecule has 0 saturated heterocycles. The lowest BCUT2D eigenvalue weighted by Gasteiger charge is -2.27. The number of hydrogen-bond donors (Lipinski definition) is 1. The molecule has 0 unspecified atom stereocenters. The lowest BCUT2D eigenvalue weighted by molar-refractivity contribution is 0.201. The number of rotatable bonds is 2. The fraction of sp³-hybridized carbons (Fsp3) is 0.889. The summed E-state index contributed by atoms with van der Waals surface area (Å²) in [6.07, 6.45) is 2.50. The largest absolute Gasteiger partial charge is 0.333 e. The number of hydrogen-bond acceptors (Lipinski definition) is 1. The first kappa shape index (κ1) is 9.36. The summed E-state index contributed by atoms with van der Waals surface area (Å²) >= 11 is 0. The first-order valence-electron chi connectivity index (χ1n) is 4.43. The number of nitrogens with zero attached hydrogens (tertiary/aromatic N) is 1. The molecule has 3 nitrogen and oxygen atoms in total. The van der Waals surface area contributed by atoms with E-state index in [0.717, 1.165) is 0 Å². The van der Waals surface area contributed by atoms with Gasteiger partial charge in [-0.2, -0.15) is 0 Å². The Kier molecular flexibility index (Phi) is 2.31. The minimum absolute atomic E-state index is 0.00639. The Morgan fingerprint density at radius 3 is 2.25 bits per heavy atom. The van der Waals surface area contributed by atoms with Crippen LogP contribution in [0.2, 0.25) is 0 Å². The summed E-state index contributed by atoms with van der Waals surface area (Å²) in [6, 6.07) is 0.00639. The summed E-state index contributed by atoms with van der Waals surface area (Å²) in [5.74, 6) is 0.682. The summed E-state index contributed by atoms with van der Waals surface area (Å²) in [5.41, 5.74) is -0.0264. The van der Waals surface area contributed by atoms with E-state index < -0.39 is 0 Å². The molecule has 0 radical (unpaired) electrons. The van der Waals surface area contributed by atoms with Gasteiger partial charge >= 0.3 is 6.03 Å². The highest BCUT2D eigenvalue weighted by atomic mass is 16.2. The third kappa shape index (κ3) is 2.13. The summed E-state index contributed by atoms with van der Waals surface area (Å²) in [6.45, 7) is 4.18. The van der Waals surface area contributed by atoms with Crippen LogP contribution in [-0.2, 0) is 0 Å². The van der Waals surface area contributed by atoms with Gasteiger partial charge in [0, 0.05) is 19.6 Å². The van der Waals surface area contributed by atoms with Crippen molar-refractivity contribution >= 4 is 6.03 Å². The van der Waals surface area contributed by atoms with E-state index in [0.29, 0.717) is 5.92 Å². The molecule has 0 aromatic carbocycles. The summed E-state index contributed by atoms with van der Waals surface area (Å²) in [7, 11) is 3.52. The van der Waals surface area contributed by atoms with Crippen molar-refractivity contribution in [2.75, 3.05) is 14.1 Å². The molecule has 0 aromatic rings. The Morgan fingerprint density at radius 1 is 1.42 bits per heavy atom. The van der Waals surface area contributed by atoms with Gasteiger partial charge in [-0.25, -0.2) is 4.79 Å². The van der Waals surface area contributed by atoms with Gasteiger partial charge in [-0.3, -0.25) is 0 Å². The molecule has 1 aliphatic rings. The van der Waals surface area contributed by atoms with Crippen LogP contribution in [0.4, 0.5) is 4.79 Å². The van der Waals surface area contributed by atoms with Gasteiger partial charge in [-0.05, 0) is 32.6 Å². The van der Waals surface area contributed by atoms with Crippen molar-refractivity contribution < 1.29 is 4.79 Å². The predicted molar refractivity (Wildman–Crippen MR) is 49.0 cm³/mol. The minimum Gasteiger partial charge on any atom is -0.333 e. The molecule has 1 rings (SSSR count). The highest BCUT2D eigenvalue weighted by molar-refractivity contribution is 5.74. The van der Waals surface area contributed by atoms with Crippen molar-refractivity contribution in [2.45, 2.75) is 32.2 Å². The van der Waals surface area contributed by atoms with E-state index in [1.54, 1.807) is 19.0 Å². The topological polar surface area (TPSA) is 32.3 Å². The highest BCUT2D eigenvalue weighted by Crippen LogP contribution is 2.39. The van der Waals surface area contributed by atoms with E-state index in [2.05, 4.69) is 19.2 Å². The minimum atomic E-state index is -0.0264. The van der Waals surface area contributed by atoms with Crippen molar-refractivity contribution in [3.05, 3.63) is 0 Å². The van der Waals surface area contributed by atoms with Crippen LogP contribution in [0, 0.1) is 5.92 Å². The average Bonchev–Trinajstić information content (AvgIpc) is 2.65. The number of amides is 2. The molecule has 1 saturated carbocycles. The first-order chi connectivity index (χ1) is 5.43. The van der Waals surface area contributed by atoms with Crippen LogP contribution >= 0.6 is 0 Å². The molecule has 1 fully saturated rings. The molecule has 70 valence electrons. The van der Waals surface area contributed by atoms with E-state index in [-0.39, 0.29) is 11.6 Å². The summed E-state index contributed by atoms with van der Waals surface area (Å²) < 4.78 is 0. The van der Waals surface area contributed by atoms with Crippen molar-refractivity contribution in [2.24, 2.45) is 5.92 Å². The SMILES string of the molecule is CN(C)C(=O)NC(C)(C)C1CC1. The second kappa shape index (κ2) is 2.96. The average molecular weight is 170 g/mol. The standard InChI is InChI=1S/C9H18N2O/c1-9(2,7-5-6-7)10-8(12)11(3)4/h7H,5-6H2,1-4H3,(H,10,12). The van der Waals surface area contributed by atoms with Gasteiger partial charge in [-0.1, -0.05) is 0 Å². The van der Waals surface area contributed by atoms with Crippen LogP contribution in [0.3, 0.4) is 0 Å². The molecule has 0 aliphatic heterocycles. The highest BCUT2D eigenvalue weighted by Gasteiger charge is 2.38. The molecule has 3 heteroatoms. The lowest BCUT2D eigenvalue weighted by atomic mass is 9.99. The fourth-order valence-corrected chi connectivity index (χ4v) is 1.29. The van der Waals surface area contributed by atoms with Crippen molar-refractivity contribution in [1.29, 1.82) is 0 Å². The summed E-state index contributed by atoms with van der Waals surface area (Å²) in [5, 5.41) is 3.00. The van der Waals surface area contributed by atoms with Crippen molar-refractivity contribution in [1.82, 2.24) is 10.2 Å². The Bertz CT molecular complexity index is 183. The molecular formula is C9H18N2O. The smallest absolute Gasteiger partial charge is 0.317 e. The van der Waals surface area contributed by atoms with Crippen LogP contribution < -0.4 is 5.32 Å². The number of carbonyl (C=O) groups is 1. The number of nitrogens with one attached hydrogen (secondary N) is 1. The van der Waals surface area contributed by atoms with E-state index in [9.17, 15) is 4.79 Å². The molecule has 2 amide bonds. The second-order valence-corrected chi connectivity index (χ2v) is 4.32. The molecule has 1 N–H and O–H groups in total. The molecule has 0 aromatic heterocycles. The Morgan fingerprint density at radius 2 is 1.92 bits per heavy atom. The van der Waals surface area contributed by atoms with Gasteiger partial charge in [0.2, 0.25) is 0 Å². The summed E-state index contributed by atoms with van der Waals surface area (Å²) in [4.78, 5) is 12.9. The monoisotopic (exact) mass is 170 g/mol. The maximum absolute atomic E-state index is 11.3. The number of carbonyl (C=O) groups excluding carboxylic acids is 1. The van der Waals surface area contributed by atoms with Gasteiger partial charge in [0.05, 0.1) is 0 Å². The van der Waals surface area contributed by atoms with Crippen LogP contribution in [0.15, 0.2) is 0 Å². The van der Waals surface area contributed by atoms with Crippen LogP contribution in [-0.4, -0.2) is 30.6 Å². The van der Waals surface area contributed by atoms with Crippen molar-refractivity contribution in [3.63, 3.8) is 0 Å². The molecule has 0 atom stereocenters. The molecule has 0 heterocycles. The maximum atomic E-state index is 11.3. The number of urea groups is 1. The predicted octanol–water partition coefficient (Wildman–Crippen LogP) is 1.45. The van der Waals surface area contributed by atoms with E-state index in [4.69, 9.17) is 0 Å². The van der Waals surface area contributed by atoms with Gasteiger partial charge < -0.3 is 10.2 Å². The Hall–Kier alpha value is -0.730. The fourth-order valence-electron chi connectivity index (χ4n) is 1.29. The normalized spacial score (nSPS) is 17.3. The molecule has 1 aliphatic carbocycles. The molecule has 0 bridgehead atoms. The molecular weight excluding hydrogens is 152 g/mol. The van der Waals surface area contributed by atoms with Crippen LogP contribution in [0.1, 0.15) is 26.7 Å². The Balaban J connectivity index is 2.43. The second-order valence-electron chi connectivity index (χ2n) is 4.32. The van der Waals surface area contributed by atoms with Gasteiger partial charge in [0.15, 0.2) is 0 Å². The van der Waals surface area contributed by atoms with E-state index in [1.165, 1.54) is 12.8 Å². The molecule has 12 heavy (non-hydrogen) atoms. The quantitative estimate of drug-likeness (QED) is 0.668. The van der Waals surface area contributed by atoms with Gasteiger partial charge in [0.25, 0.3) is 0 Å².